The van der Waals surface area contributed by atoms with E-state index in [2.05, 4.69) is 24.0 Å². The van der Waals surface area contributed by atoms with Crippen molar-refractivity contribution >= 4 is 17.6 Å². The maximum Gasteiger partial charge on any atom is 0.334 e. The highest BCUT2D eigenvalue weighted by atomic mass is 16.6. The van der Waals surface area contributed by atoms with Gasteiger partial charge in [-0.1, -0.05) is 67.2 Å². The summed E-state index contributed by atoms with van der Waals surface area (Å²) in [4.78, 5) is 24.0. The number of anilines is 1. The molecule has 3 aromatic carbocycles. The van der Waals surface area contributed by atoms with Crippen LogP contribution in [0.25, 0.3) is 11.1 Å². The lowest BCUT2D eigenvalue weighted by Crippen LogP contribution is -2.33. The second-order valence-electron chi connectivity index (χ2n) is 8.26. The standard InChI is InChI=1S/C27H23NO4/c1-18-16-27(32-26(18)30,22-11-7-20(8-12-22)19-5-3-2-4-6-19)17-31-23-13-9-21-10-14-25(29)28-24(21)15-23/h2-9,11-13,15H,1,10,14,16-17H2,(H,28,29). The summed E-state index contributed by atoms with van der Waals surface area (Å²) < 4.78 is 11.9. The van der Waals surface area contributed by atoms with Gasteiger partial charge in [0.1, 0.15) is 12.4 Å². The van der Waals surface area contributed by atoms with Gasteiger partial charge in [0.2, 0.25) is 5.91 Å². The van der Waals surface area contributed by atoms with Crippen molar-refractivity contribution in [1.29, 1.82) is 0 Å². The van der Waals surface area contributed by atoms with Crippen molar-refractivity contribution in [3.8, 4) is 16.9 Å². The van der Waals surface area contributed by atoms with Gasteiger partial charge in [-0.2, -0.15) is 0 Å². The van der Waals surface area contributed by atoms with Crippen molar-refractivity contribution in [2.75, 3.05) is 11.9 Å². The van der Waals surface area contributed by atoms with Crippen LogP contribution in [0.15, 0.2) is 84.9 Å². The number of benzene rings is 3. The number of rotatable bonds is 5. The second-order valence-corrected chi connectivity index (χ2v) is 8.26. The van der Waals surface area contributed by atoms with Gasteiger partial charge in [-0.25, -0.2) is 4.79 Å². The summed E-state index contributed by atoms with van der Waals surface area (Å²) in [6.45, 7) is 4.01. The summed E-state index contributed by atoms with van der Waals surface area (Å²) in [5.74, 6) is 0.212. The number of fused-ring (bicyclic) bond motifs is 1. The highest BCUT2D eigenvalue weighted by Crippen LogP contribution is 2.40. The van der Waals surface area contributed by atoms with Crippen molar-refractivity contribution in [1.82, 2.24) is 0 Å². The van der Waals surface area contributed by atoms with Crippen molar-refractivity contribution in [3.05, 3.63) is 96.1 Å². The van der Waals surface area contributed by atoms with E-state index in [-0.39, 0.29) is 12.5 Å². The first-order chi connectivity index (χ1) is 15.5. The zero-order valence-corrected chi connectivity index (χ0v) is 17.6. The monoisotopic (exact) mass is 425 g/mol. The lowest BCUT2D eigenvalue weighted by Gasteiger charge is -2.28. The third-order valence-electron chi connectivity index (χ3n) is 6.04. The van der Waals surface area contributed by atoms with Crippen LogP contribution in [0.2, 0.25) is 0 Å². The number of esters is 1. The number of hydrogen-bond donors (Lipinski definition) is 1. The number of cyclic esters (lactones) is 1. The first kappa shape index (κ1) is 20.1. The van der Waals surface area contributed by atoms with Crippen LogP contribution in [0.1, 0.15) is 24.0 Å². The third kappa shape index (κ3) is 3.78. The van der Waals surface area contributed by atoms with E-state index < -0.39 is 11.6 Å². The predicted molar refractivity (Wildman–Crippen MR) is 122 cm³/mol. The molecule has 0 bridgehead atoms. The number of ether oxygens (including phenoxy) is 2. The topological polar surface area (TPSA) is 64.6 Å². The SMILES string of the molecule is C=C1CC(COc2ccc3c(c2)NC(=O)CC3)(c2ccc(-c3ccccc3)cc2)OC1=O. The summed E-state index contributed by atoms with van der Waals surface area (Å²) in [5.41, 5.74) is 4.40. The molecule has 2 heterocycles. The Labute approximate surface area is 186 Å². The number of aryl methyl sites for hydroxylation is 1. The zero-order valence-electron chi connectivity index (χ0n) is 17.6. The van der Waals surface area contributed by atoms with Gasteiger partial charge >= 0.3 is 5.97 Å². The Morgan fingerprint density at radius 3 is 2.41 bits per heavy atom. The average Bonchev–Trinajstić information content (AvgIpc) is 3.12. The first-order valence-corrected chi connectivity index (χ1v) is 10.7. The molecule has 0 aromatic heterocycles. The number of amides is 1. The molecule has 0 radical (unpaired) electrons. The maximum atomic E-state index is 12.3. The average molecular weight is 425 g/mol. The highest BCUT2D eigenvalue weighted by molar-refractivity contribution is 5.94. The minimum Gasteiger partial charge on any atom is -0.489 e. The Kier molecular flexibility index (Phi) is 5.02. The molecule has 2 aliphatic heterocycles. The van der Waals surface area contributed by atoms with Crippen LogP contribution in [-0.2, 0) is 26.3 Å². The van der Waals surface area contributed by atoms with E-state index in [1.165, 1.54) is 0 Å². The molecule has 5 heteroatoms. The summed E-state index contributed by atoms with van der Waals surface area (Å²) in [6, 6.07) is 23.8. The maximum absolute atomic E-state index is 12.3. The minimum atomic E-state index is -0.942. The van der Waals surface area contributed by atoms with E-state index in [1.54, 1.807) is 0 Å². The Morgan fingerprint density at radius 1 is 0.938 bits per heavy atom. The predicted octanol–water partition coefficient (Wildman–Crippen LogP) is 5.02. The lowest BCUT2D eigenvalue weighted by atomic mass is 9.89. The molecule has 3 aromatic rings. The molecule has 1 amide bonds. The summed E-state index contributed by atoms with van der Waals surface area (Å²) in [7, 11) is 0. The Balaban J connectivity index is 1.41. The number of carbonyl (C=O) groups excluding carboxylic acids is 2. The molecule has 0 aliphatic carbocycles. The van der Waals surface area contributed by atoms with Crippen molar-refractivity contribution in [2.45, 2.75) is 24.9 Å². The molecule has 160 valence electrons. The minimum absolute atomic E-state index is 0.00523. The van der Waals surface area contributed by atoms with Crippen molar-refractivity contribution in [2.24, 2.45) is 0 Å². The fraction of sp³-hybridized carbons (Fsp3) is 0.185. The molecule has 32 heavy (non-hydrogen) atoms. The van der Waals surface area contributed by atoms with Gasteiger partial charge in [0.25, 0.3) is 0 Å². The lowest BCUT2D eigenvalue weighted by molar-refractivity contribution is -0.150. The van der Waals surface area contributed by atoms with E-state index in [1.807, 2.05) is 60.7 Å². The molecule has 1 unspecified atom stereocenters. The molecule has 5 nitrogen and oxygen atoms in total. The van der Waals surface area contributed by atoms with Gasteiger partial charge in [-0.05, 0) is 34.7 Å². The van der Waals surface area contributed by atoms with Crippen LogP contribution >= 0.6 is 0 Å². The Morgan fingerprint density at radius 2 is 1.69 bits per heavy atom. The quantitative estimate of drug-likeness (QED) is 0.461. The second kappa shape index (κ2) is 8.00. The van der Waals surface area contributed by atoms with E-state index in [0.717, 1.165) is 34.4 Å². The van der Waals surface area contributed by atoms with Gasteiger partial charge < -0.3 is 14.8 Å². The molecule has 0 spiro atoms. The number of carbonyl (C=O) groups is 2. The smallest absolute Gasteiger partial charge is 0.334 e. The van der Waals surface area contributed by atoms with Crippen LogP contribution in [-0.4, -0.2) is 18.5 Å². The van der Waals surface area contributed by atoms with Gasteiger partial charge in [0.05, 0.1) is 0 Å². The summed E-state index contributed by atoms with van der Waals surface area (Å²) >= 11 is 0. The largest absolute Gasteiger partial charge is 0.489 e. The van der Waals surface area contributed by atoms with Crippen LogP contribution in [0.4, 0.5) is 5.69 Å². The van der Waals surface area contributed by atoms with Gasteiger partial charge in [-0.15, -0.1) is 0 Å². The van der Waals surface area contributed by atoms with Crippen LogP contribution in [0.5, 0.6) is 5.75 Å². The summed E-state index contributed by atoms with van der Waals surface area (Å²) in [6.07, 6.45) is 1.57. The Hall–Kier alpha value is -3.86. The van der Waals surface area contributed by atoms with Gasteiger partial charge in [-0.3, -0.25) is 4.79 Å². The first-order valence-electron chi connectivity index (χ1n) is 10.7. The van der Waals surface area contributed by atoms with E-state index >= 15 is 0 Å². The number of hydrogen-bond acceptors (Lipinski definition) is 4. The molecule has 5 rings (SSSR count). The van der Waals surface area contributed by atoms with Crippen LogP contribution in [0, 0.1) is 0 Å². The number of nitrogens with one attached hydrogen (secondary N) is 1. The Bertz CT molecular complexity index is 1180. The highest BCUT2D eigenvalue weighted by Gasteiger charge is 2.45. The van der Waals surface area contributed by atoms with Gasteiger partial charge in [0.15, 0.2) is 5.60 Å². The molecular formula is C27H23NO4. The van der Waals surface area contributed by atoms with E-state index in [4.69, 9.17) is 9.47 Å². The summed E-state index contributed by atoms with van der Waals surface area (Å²) in [5, 5.41) is 2.89. The molecule has 2 aliphatic rings. The molecule has 1 N–H and O–H groups in total. The van der Waals surface area contributed by atoms with Crippen molar-refractivity contribution in [3.63, 3.8) is 0 Å². The normalized spacial score (nSPS) is 19.8. The zero-order chi connectivity index (χ0) is 22.1. The van der Waals surface area contributed by atoms with Crippen molar-refractivity contribution < 1.29 is 19.1 Å². The fourth-order valence-electron chi connectivity index (χ4n) is 4.26. The molecule has 0 saturated carbocycles. The van der Waals surface area contributed by atoms with Crippen LogP contribution < -0.4 is 10.1 Å². The van der Waals surface area contributed by atoms with Gasteiger partial charge in [0, 0.05) is 30.2 Å². The molecule has 1 saturated heterocycles. The van der Waals surface area contributed by atoms with E-state index in [9.17, 15) is 9.59 Å². The molecule has 1 fully saturated rings. The fourth-order valence-corrected chi connectivity index (χ4v) is 4.26. The molecule has 1 atom stereocenters. The van der Waals surface area contributed by atoms with Crippen LogP contribution in [0.3, 0.4) is 0 Å². The van der Waals surface area contributed by atoms with E-state index in [0.29, 0.717) is 24.2 Å². The third-order valence-corrected chi connectivity index (χ3v) is 6.04. The molecular weight excluding hydrogens is 402 g/mol.